The highest BCUT2D eigenvalue weighted by Crippen LogP contribution is 2.14. The molecule has 0 atom stereocenters. The Morgan fingerprint density at radius 1 is 1.64 bits per heavy atom. The van der Waals surface area contributed by atoms with Crippen LogP contribution in [0, 0.1) is 0 Å². The molecule has 0 aliphatic carbocycles. The van der Waals surface area contributed by atoms with Crippen LogP contribution in [-0.4, -0.2) is 24.5 Å². The van der Waals surface area contributed by atoms with E-state index in [0.717, 1.165) is 5.56 Å². The van der Waals surface area contributed by atoms with Crippen molar-refractivity contribution in [1.29, 1.82) is 0 Å². The Morgan fingerprint density at radius 3 is 2.93 bits per heavy atom. The van der Waals surface area contributed by atoms with Gasteiger partial charge in [-0.05, 0) is 6.07 Å². The first-order chi connectivity index (χ1) is 6.65. The minimum Gasteiger partial charge on any atom is -0.368 e. The third kappa shape index (κ3) is 2.43. The molecule has 1 amide bonds. The van der Waals surface area contributed by atoms with Crippen molar-refractivity contribution in [2.24, 2.45) is 11.5 Å². The zero-order valence-electron chi connectivity index (χ0n) is 8.10. The Hall–Kier alpha value is -1.62. The van der Waals surface area contributed by atoms with Gasteiger partial charge in [0.2, 0.25) is 5.91 Å². The number of likely N-dealkylation sites (N-methyl/N-ethyl adjacent to an activating group) is 1. The lowest BCUT2D eigenvalue weighted by Gasteiger charge is -2.18. The largest absolute Gasteiger partial charge is 0.368 e. The van der Waals surface area contributed by atoms with Crippen molar-refractivity contribution < 1.29 is 4.79 Å². The van der Waals surface area contributed by atoms with E-state index >= 15 is 0 Å². The van der Waals surface area contributed by atoms with Gasteiger partial charge in [0.1, 0.15) is 5.82 Å². The second kappa shape index (κ2) is 4.57. The standard InChI is InChI=1S/C9H14N4O/c1-13(6-8(11)14)9-7(5-10)3-2-4-12-9/h2-4H,5-6,10H2,1H3,(H2,11,14). The number of pyridine rings is 1. The maximum absolute atomic E-state index is 10.7. The van der Waals surface area contributed by atoms with Crippen LogP contribution in [0.1, 0.15) is 5.56 Å². The molecule has 0 aliphatic heterocycles. The van der Waals surface area contributed by atoms with Crippen molar-refractivity contribution in [3.8, 4) is 0 Å². The average Bonchev–Trinajstić information content (AvgIpc) is 2.16. The van der Waals surface area contributed by atoms with Crippen LogP contribution in [0.15, 0.2) is 18.3 Å². The van der Waals surface area contributed by atoms with Crippen molar-refractivity contribution in [3.05, 3.63) is 23.9 Å². The molecule has 0 saturated heterocycles. The summed E-state index contributed by atoms with van der Waals surface area (Å²) in [6, 6.07) is 3.68. The molecule has 0 aliphatic rings. The maximum atomic E-state index is 10.7. The van der Waals surface area contributed by atoms with E-state index in [9.17, 15) is 4.79 Å². The molecule has 14 heavy (non-hydrogen) atoms. The average molecular weight is 194 g/mol. The highest BCUT2D eigenvalue weighted by Gasteiger charge is 2.08. The quantitative estimate of drug-likeness (QED) is 0.674. The molecule has 1 heterocycles. The molecule has 0 bridgehead atoms. The lowest BCUT2D eigenvalue weighted by Crippen LogP contribution is -2.31. The second-order valence-corrected chi connectivity index (χ2v) is 3.01. The van der Waals surface area contributed by atoms with E-state index in [1.54, 1.807) is 18.1 Å². The fourth-order valence-electron chi connectivity index (χ4n) is 1.24. The summed E-state index contributed by atoms with van der Waals surface area (Å²) in [7, 11) is 1.76. The van der Waals surface area contributed by atoms with Gasteiger partial charge in [0.25, 0.3) is 0 Å². The normalized spacial score (nSPS) is 9.86. The molecule has 76 valence electrons. The molecule has 1 aromatic heterocycles. The van der Waals surface area contributed by atoms with Crippen LogP contribution in [0.3, 0.4) is 0 Å². The van der Waals surface area contributed by atoms with Crippen molar-refractivity contribution >= 4 is 11.7 Å². The van der Waals surface area contributed by atoms with Gasteiger partial charge < -0.3 is 16.4 Å². The first kappa shape index (κ1) is 10.5. The lowest BCUT2D eigenvalue weighted by molar-refractivity contribution is -0.116. The summed E-state index contributed by atoms with van der Waals surface area (Å²) in [4.78, 5) is 16.5. The summed E-state index contributed by atoms with van der Waals surface area (Å²) in [6.07, 6.45) is 1.66. The van der Waals surface area contributed by atoms with Gasteiger partial charge in [0.05, 0.1) is 6.54 Å². The number of primary amides is 1. The molecule has 5 nitrogen and oxygen atoms in total. The van der Waals surface area contributed by atoms with Gasteiger partial charge in [-0.25, -0.2) is 4.98 Å². The van der Waals surface area contributed by atoms with Crippen molar-refractivity contribution in [1.82, 2.24) is 4.98 Å². The minimum absolute atomic E-state index is 0.143. The Bertz CT molecular complexity index is 326. The number of rotatable bonds is 4. The summed E-state index contributed by atoms with van der Waals surface area (Å²) in [5.74, 6) is 0.315. The molecule has 0 unspecified atom stereocenters. The van der Waals surface area contributed by atoms with Crippen LogP contribution in [-0.2, 0) is 11.3 Å². The minimum atomic E-state index is -0.388. The molecule has 4 N–H and O–H groups in total. The van der Waals surface area contributed by atoms with Gasteiger partial charge in [-0.2, -0.15) is 0 Å². The zero-order chi connectivity index (χ0) is 10.6. The predicted molar refractivity (Wildman–Crippen MR) is 54.6 cm³/mol. The third-order valence-corrected chi connectivity index (χ3v) is 1.84. The molecule has 0 saturated carbocycles. The smallest absolute Gasteiger partial charge is 0.236 e. The van der Waals surface area contributed by atoms with E-state index in [2.05, 4.69) is 4.98 Å². The highest BCUT2D eigenvalue weighted by molar-refractivity contribution is 5.79. The first-order valence-corrected chi connectivity index (χ1v) is 4.28. The Morgan fingerprint density at radius 2 is 2.36 bits per heavy atom. The van der Waals surface area contributed by atoms with E-state index in [1.165, 1.54) is 0 Å². The van der Waals surface area contributed by atoms with Crippen molar-refractivity contribution in [2.75, 3.05) is 18.5 Å². The van der Waals surface area contributed by atoms with Gasteiger partial charge in [-0.3, -0.25) is 4.79 Å². The summed E-state index contributed by atoms with van der Waals surface area (Å²) in [5.41, 5.74) is 11.5. The van der Waals surface area contributed by atoms with E-state index in [4.69, 9.17) is 11.5 Å². The monoisotopic (exact) mass is 194 g/mol. The second-order valence-electron chi connectivity index (χ2n) is 3.01. The molecule has 5 heteroatoms. The molecule has 1 rings (SSSR count). The number of carbonyl (C=O) groups is 1. The number of nitrogens with two attached hydrogens (primary N) is 2. The van der Waals surface area contributed by atoms with Gasteiger partial charge in [0, 0.05) is 25.4 Å². The fourth-order valence-corrected chi connectivity index (χ4v) is 1.24. The molecule has 1 aromatic rings. The van der Waals surface area contributed by atoms with Crippen molar-refractivity contribution in [2.45, 2.75) is 6.54 Å². The van der Waals surface area contributed by atoms with Crippen LogP contribution in [0.4, 0.5) is 5.82 Å². The SMILES string of the molecule is CN(CC(N)=O)c1ncccc1CN. The van der Waals surface area contributed by atoms with Gasteiger partial charge in [0.15, 0.2) is 0 Å². The summed E-state index contributed by atoms with van der Waals surface area (Å²) in [5, 5.41) is 0. The highest BCUT2D eigenvalue weighted by atomic mass is 16.1. The van der Waals surface area contributed by atoms with Gasteiger partial charge in [-0.1, -0.05) is 6.07 Å². The van der Waals surface area contributed by atoms with Crippen molar-refractivity contribution in [3.63, 3.8) is 0 Å². The number of hydrogen-bond acceptors (Lipinski definition) is 4. The zero-order valence-corrected chi connectivity index (χ0v) is 8.10. The molecular weight excluding hydrogens is 180 g/mol. The number of aromatic nitrogens is 1. The predicted octanol–water partition coefficient (Wildman–Crippen LogP) is -0.538. The molecule has 0 radical (unpaired) electrons. The van der Waals surface area contributed by atoms with Crippen LogP contribution in [0.5, 0.6) is 0 Å². The summed E-state index contributed by atoms with van der Waals surface area (Å²) >= 11 is 0. The van der Waals surface area contributed by atoms with E-state index < -0.39 is 0 Å². The Balaban J connectivity index is 2.87. The molecular formula is C9H14N4O. The molecule has 0 spiro atoms. The summed E-state index contributed by atoms with van der Waals surface area (Å²) in [6.45, 7) is 0.538. The van der Waals surface area contributed by atoms with Gasteiger partial charge in [-0.15, -0.1) is 0 Å². The third-order valence-electron chi connectivity index (χ3n) is 1.84. The maximum Gasteiger partial charge on any atom is 0.236 e. The number of carbonyl (C=O) groups excluding carboxylic acids is 1. The van der Waals surface area contributed by atoms with Crippen LogP contribution < -0.4 is 16.4 Å². The Kier molecular flexibility index (Phi) is 3.41. The first-order valence-electron chi connectivity index (χ1n) is 4.28. The fraction of sp³-hybridized carbons (Fsp3) is 0.333. The number of hydrogen-bond donors (Lipinski definition) is 2. The summed E-state index contributed by atoms with van der Waals surface area (Å²) < 4.78 is 0. The van der Waals surface area contributed by atoms with E-state index in [0.29, 0.717) is 12.4 Å². The molecule has 0 fully saturated rings. The van der Waals surface area contributed by atoms with Gasteiger partial charge >= 0.3 is 0 Å². The van der Waals surface area contributed by atoms with Crippen LogP contribution in [0.25, 0.3) is 0 Å². The van der Waals surface area contributed by atoms with E-state index in [1.807, 2.05) is 12.1 Å². The topological polar surface area (TPSA) is 85.2 Å². The number of amides is 1. The van der Waals surface area contributed by atoms with E-state index in [-0.39, 0.29) is 12.5 Å². The number of nitrogens with zero attached hydrogens (tertiary/aromatic N) is 2. The Labute approximate surface area is 82.7 Å². The van der Waals surface area contributed by atoms with Crippen LogP contribution in [0.2, 0.25) is 0 Å². The molecule has 0 aromatic carbocycles. The van der Waals surface area contributed by atoms with Crippen LogP contribution >= 0.6 is 0 Å². The number of anilines is 1. The lowest BCUT2D eigenvalue weighted by atomic mass is 10.2.